The summed E-state index contributed by atoms with van der Waals surface area (Å²) >= 11 is 3.31. The molecule has 5 heteroatoms. The summed E-state index contributed by atoms with van der Waals surface area (Å²) in [6, 6.07) is 3.68. The van der Waals surface area contributed by atoms with Crippen LogP contribution in [0.25, 0.3) is 0 Å². The molecule has 1 saturated carbocycles. The Balaban J connectivity index is 2.23. The van der Waals surface area contributed by atoms with Crippen LogP contribution in [0.5, 0.6) is 5.75 Å². The molecule has 0 radical (unpaired) electrons. The van der Waals surface area contributed by atoms with Crippen molar-refractivity contribution < 1.29 is 14.3 Å². The molecule has 1 aliphatic rings. The summed E-state index contributed by atoms with van der Waals surface area (Å²) in [5.74, 6) is -0.972. The van der Waals surface area contributed by atoms with Crippen LogP contribution in [-0.4, -0.2) is 33.8 Å². The van der Waals surface area contributed by atoms with Crippen molar-refractivity contribution in [2.45, 2.75) is 25.3 Å². The number of carbonyl (C=O) groups excluding carboxylic acids is 1. The number of halogens is 2. The molecule has 1 N–H and O–H groups in total. The van der Waals surface area contributed by atoms with Crippen LogP contribution < -0.4 is 0 Å². The first-order valence-electron chi connectivity index (χ1n) is 5.99. The molecule has 18 heavy (non-hydrogen) atoms. The van der Waals surface area contributed by atoms with E-state index in [2.05, 4.69) is 15.9 Å². The van der Waals surface area contributed by atoms with Crippen LogP contribution in [0.15, 0.2) is 18.2 Å². The van der Waals surface area contributed by atoms with Crippen LogP contribution in [0.3, 0.4) is 0 Å². The van der Waals surface area contributed by atoms with Gasteiger partial charge >= 0.3 is 0 Å². The van der Waals surface area contributed by atoms with Gasteiger partial charge in [0.25, 0.3) is 5.91 Å². The van der Waals surface area contributed by atoms with Crippen molar-refractivity contribution in [3.8, 4) is 5.75 Å². The second-order valence-electron chi connectivity index (χ2n) is 4.43. The van der Waals surface area contributed by atoms with Gasteiger partial charge in [0.1, 0.15) is 11.6 Å². The highest BCUT2D eigenvalue weighted by molar-refractivity contribution is 9.09. The molecule has 1 fully saturated rings. The molecule has 1 aliphatic carbocycles. The molecule has 0 spiro atoms. The summed E-state index contributed by atoms with van der Waals surface area (Å²) < 4.78 is 13.2. The summed E-state index contributed by atoms with van der Waals surface area (Å²) in [6.07, 6.45) is 3.08. The Morgan fingerprint density at radius 1 is 1.50 bits per heavy atom. The zero-order chi connectivity index (χ0) is 13.1. The molecule has 0 aromatic heterocycles. The third kappa shape index (κ3) is 2.66. The molecule has 0 bridgehead atoms. The average molecular weight is 316 g/mol. The number of aromatic hydroxyl groups is 1. The standard InChI is InChI=1S/C13H15BrFNO2/c14-6-7-16(10-2-1-3-10)13(18)11-8-9(15)4-5-12(11)17/h4-5,8,10,17H,1-3,6-7H2. The van der Waals surface area contributed by atoms with Crippen molar-refractivity contribution in [3.05, 3.63) is 29.6 Å². The molecule has 0 heterocycles. The fourth-order valence-electron chi connectivity index (χ4n) is 2.07. The van der Waals surface area contributed by atoms with Gasteiger partial charge in [-0.1, -0.05) is 15.9 Å². The Bertz CT molecular complexity index is 449. The normalized spacial score (nSPS) is 15.2. The predicted octanol–water partition coefficient (Wildman–Crippen LogP) is 2.92. The number of rotatable bonds is 4. The molecule has 1 aromatic carbocycles. The average Bonchev–Trinajstić information content (AvgIpc) is 2.28. The van der Waals surface area contributed by atoms with E-state index in [-0.39, 0.29) is 23.3 Å². The van der Waals surface area contributed by atoms with E-state index in [0.717, 1.165) is 31.4 Å². The van der Waals surface area contributed by atoms with Crippen molar-refractivity contribution >= 4 is 21.8 Å². The lowest BCUT2D eigenvalue weighted by Crippen LogP contribution is -2.45. The molecular weight excluding hydrogens is 301 g/mol. The topological polar surface area (TPSA) is 40.5 Å². The Kier molecular flexibility index (Phi) is 4.22. The van der Waals surface area contributed by atoms with Gasteiger partial charge in [-0.15, -0.1) is 0 Å². The van der Waals surface area contributed by atoms with Crippen molar-refractivity contribution in [2.24, 2.45) is 0 Å². The Morgan fingerprint density at radius 2 is 2.22 bits per heavy atom. The van der Waals surface area contributed by atoms with Gasteiger partial charge in [0.05, 0.1) is 5.56 Å². The van der Waals surface area contributed by atoms with Gasteiger partial charge in [-0.25, -0.2) is 4.39 Å². The van der Waals surface area contributed by atoms with Gasteiger partial charge < -0.3 is 10.0 Å². The minimum Gasteiger partial charge on any atom is -0.507 e. The maximum atomic E-state index is 13.2. The van der Waals surface area contributed by atoms with E-state index in [0.29, 0.717) is 11.9 Å². The number of carbonyl (C=O) groups is 1. The van der Waals surface area contributed by atoms with Crippen LogP contribution in [0.2, 0.25) is 0 Å². The van der Waals surface area contributed by atoms with Crippen molar-refractivity contribution in [2.75, 3.05) is 11.9 Å². The number of phenolic OH excluding ortho intramolecular Hbond substituents is 1. The van der Waals surface area contributed by atoms with E-state index in [1.807, 2.05) is 0 Å². The summed E-state index contributed by atoms with van der Waals surface area (Å²) in [7, 11) is 0. The largest absolute Gasteiger partial charge is 0.507 e. The van der Waals surface area contributed by atoms with Gasteiger partial charge in [0.2, 0.25) is 0 Å². The first-order chi connectivity index (χ1) is 8.63. The number of benzene rings is 1. The number of alkyl halides is 1. The third-order valence-electron chi connectivity index (χ3n) is 3.29. The fourth-order valence-corrected chi connectivity index (χ4v) is 2.46. The quantitative estimate of drug-likeness (QED) is 0.868. The van der Waals surface area contributed by atoms with Gasteiger partial charge in [0, 0.05) is 17.9 Å². The van der Waals surface area contributed by atoms with E-state index >= 15 is 0 Å². The molecule has 0 atom stereocenters. The second-order valence-corrected chi connectivity index (χ2v) is 5.23. The highest BCUT2D eigenvalue weighted by Crippen LogP contribution is 2.28. The second kappa shape index (κ2) is 5.69. The molecule has 0 saturated heterocycles. The fraction of sp³-hybridized carbons (Fsp3) is 0.462. The molecular formula is C13H15BrFNO2. The van der Waals surface area contributed by atoms with Gasteiger partial charge in [-0.3, -0.25) is 4.79 Å². The minimum absolute atomic E-state index is 0.0443. The monoisotopic (exact) mass is 315 g/mol. The van der Waals surface area contributed by atoms with E-state index in [4.69, 9.17) is 0 Å². The molecule has 3 nitrogen and oxygen atoms in total. The molecule has 0 unspecified atom stereocenters. The lowest BCUT2D eigenvalue weighted by Gasteiger charge is -2.37. The van der Waals surface area contributed by atoms with Gasteiger partial charge in [0.15, 0.2) is 0 Å². The third-order valence-corrected chi connectivity index (χ3v) is 3.65. The number of nitrogens with zero attached hydrogens (tertiary/aromatic N) is 1. The number of phenols is 1. The maximum absolute atomic E-state index is 13.2. The Morgan fingerprint density at radius 3 is 2.78 bits per heavy atom. The van der Waals surface area contributed by atoms with Crippen LogP contribution >= 0.6 is 15.9 Å². The predicted molar refractivity (Wildman–Crippen MR) is 70.5 cm³/mol. The lowest BCUT2D eigenvalue weighted by atomic mass is 9.91. The van der Waals surface area contributed by atoms with Crippen LogP contribution in [0, 0.1) is 5.82 Å². The zero-order valence-corrected chi connectivity index (χ0v) is 11.5. The molecule has 1 amide bonds. The Labute approximate surface area is 114 Å². The zero-order valence-electron chi connectivity index (χ0n) is 9.90. The van der Waals surface area contributed by atoms with Gasteiger partial charge in [-0.05, 0) is 37.5 Å². The SMILES string of the molecule is O=C(c1cc(F)ccc1O)N(CCBr)C1CCC1. The first-order valence-corrected chi connectivity index (χ1v) is 7.11. The van der Waals surface area contributed by atoms with Crippen LogP contribution in [0.1, 0.15) is 29.6 Å². The summed E-state index contributed by atoms with van der Waals surface area (Å²) in [5, 5.41) is 10.3. The highest BCUT2D eigenvalue weighted by atomic mass is 79.9. The smallest absolute Gasteiger partial charge is 0.257 e. The van der Waals surface area contributed by atoms with E-state index in [1.54, 1.807) is 4.90 Å². The van der Waals surface area contributed by atoms with Gasteiger partial charge in [-0.2, -0.15) is 0 Å². The first kappa shape index (κ1) is 13.3. The lowest BCUT2D eigenvalue weighted by molar-refractivity contribution is 0.0596. The van der Waals surface area contributed by atoms with E-state index < -0.39 is 5.82 Å². The summed E-state index contributed by atoms with van der Waals surface area (Å²) in [4.78, 5) is 14.0. The van der Waals surface area contributed by atoms with Crippen molar-refractivity contribution in [1.29, 1.82) is 0 Å². The highest BCUT2D eigenvalue weighted by Gasteiger charge is 2.30. The summed E-state index contributed by atoms with van der Waals surface area (Å²) in [6.45, 7) is 0.569. The van der Waals surface area contributed by atoms with Crippen LogP contribution in [0.4, 0.5) is 4.39 Å². The molecule has 0 aliphatic heterocycles. The maximum Gasteiger partial charge on any atom is 0.257 e. The molecule has 2 rings (SSSR count). The summed E-state index contributed by atoms with van der Waals surface area (Å²) in [5.41, 5.74) is 0.0443. The van der Waals surface area contributed by atoms with Crippen molar-refractivity contribution in [3.63, 3.8) is 0 Å². The van der Waals surface area contributed by atoms with Crippen molar-refractivity contribution in [1.82, 2.24) is 4.90 Å². The Hall–Kier alpha value is -1.10. The number of hydrogen-bond acceptors (Lipinski definition) is 2. The molecule has 1 aromatic rings. The number of amides is 1. The van der Waals surface area contributed by atoms with E-state index in [1.165, 1.54) is 6.07 Å². The number of hydrogen-bond donors (Lipinski definition) is 1. The van der Waals surface area contributed by atoms with Crippen LogP contribution in [-0.2, 0) is 0 Å². The van der Waals surface area contributed by atoms with E-state index in [9.17, 15) is 14.3 Å². The minimum atomic E-state index is -0.511. The molecule has 98 valence electrons.